The Morgan fingerprint density at radius 2 is 1.79 bits per heavy atom. The van der Waals surface area contributed by atoms with Gasteiger partial charge in [-0.25, -0.2) is 13.5 Å². The molecule has 43 heavy (non-hydrogen) atoms. The summed E-state index contributed by atoms with van der Waals surface area (Å²) in [7, 11) is 3.48. The van der Waals surface area contributed by atoms with Crippen molar-refractivity contribution in [1.29, 1.82) is 0 Å². The van der Waals surface area contributed by atoms with Gasteiger partial charge in [0.1, 0.15) is 11.3 Å². The smallest absolute Gasteiger partial charge is 0.251 e. The van der Waals surface area contributed by atoms with Crippen LogP contribution in [0.3, 0.4) is 0 Å². The number of benzene rings is 1. The highest BCUT2D eigenvalue weighted by Gasteiger charge is 2.36. The lowest BCUT2D eigenvalue weighted by Gasteiger charge is -2.34. The van der Waals surface area contributed by atoms with E-state index in [1.807, 2.05) is 37.2 Å². The largest absolute Gasteiger partial charge is 0.480 e. The van der Waals surface area contributed by atoms with Gasteiger partial charge >= 0.3 is 0 Å². The van der Waals surface area contributed by atoms with Gasteiger partial charge < -0.3 is 18.9 Å². The maximum absolute atomic E-state index is 14.1. The van der Waals surface area contributed by atoms with Crippen molar-refractivity contribution in [3.05, 3.63) is 59.9 Å². The highest BCUT2D eigenvalue weighted by molar-refractivity contribution is 6.10. The average molecular weight is 588 g/mol. The van der Waals surface area contributed by atoms with Crippen molar-refractivity contribution in [2.45, 2.75) is 44.6 Å². The quantitative estimate of drug-likeness (QED) is 0.243. The van der Waals surface area contributed by atoms with Crippen molar-refractivity contribution in [2.75, 3.05) is 38.3 Å². The van der Waals surface area contributed by atoms with Crippen LogP contribution in [0.15, 0.2) is 48.7 Å². The predicted molar refractivity (Wildman–Crippen MR) is 161 cm³/mol. The van der Waals surface area contributed by atoms with Crippen molar-refractivity contribution in [3.63, 3.8) is 0 Å². The number of methoxy groups -OCH3 is 1. The van der Waals surface area contributed by atoms with Crippen LogP contribution in [0.1, 0.15) is 43.0 Å². The van der Waals surface area contributed by atoms with E-state index in [4.69, 9.17) is 19.4 Å². The van der Waals surface area contributed by atoms with Gasteiger partial charge in [0.15, 0.2) is 0 Å². The molecule has 0 radical (unpaired) electrons. The van der Waals surface area contributed by atoms with Crippen molar-refractivity contribution in [1.82, 2.24) is 29.5 Å². The van der Waals surface area contributed by atoms with Crippen LogP contribution < -0.4 is 9.64 Å². The Kier molecular flexibility index (Phi) is 6.99. The number of rotatable bonds is 6. The second-order valence-electron chi connectivity index (χ2n) is 11.6. The maximum Gasteiger partial charge on any atom is 0.251 e. The Morgan fingerprint density at radius 3 is 2.47 bits per heavy atom. The van der Waals surface area contributed by atoms with Gasteiger partial charge in [0.25, 0.3) is 5.92 Å². The molecule has 0 bridgehead atoms. The molecule has 0 aliphatic carbocycles. The van der Waals surface area contributed by atoms with Gasteiger partial charge in [0, 0.05) is 64.0 Å². The van der Waals surface area contributed by atoms with Gasteiger partial charge in [-0.05, 0) is 37.3 Å². The minimum Gasteiger partial charge on any atom is -0.480 e. The zero-order valence-corrected chi connectivity index (χ0v) is 24.6. The molecule has 1 atom stereocenters. The molecule has 0 unspecified atom stereocenters. The van der Waals surface area contributed by atoms with Crippen molar-refractivity contribution >= 4 is 27.8 Å². The summed E-state index contributed by atoms with van der Waals surface area (Å²) in [6, 6.07) is 14.7. The number of hydrogen-bond acceptors (Lipinski definition) is 7. The van der Waals surface area contributed by atoms with E-state index < -0.39 is 5.92 Å². The van der Waals surface area contributed by atoms with Crippen LogP contribution in [0.5, 0.6) is 5.88 Å². The normalized spacial score (nSPS) is 18.4. The summed E-state index contributed by atoms with van der Waals surface area (Å²) in [5.41, 5.74) is 6.44. The number of piperidine rings is 1. The molecule has 7 rings (SSSR count). The first-order valence-corrected chi connectivity index (χ1v) is 14.9. The molecule has 4 aromatic heterocycles. The van der Waals surface area contributed by atoms with E-state index in [0.717, 1.165) is 51.7 Å². The van der Waals surface area contributed by atoms with Gasteiger partial charge in [-0.1, -0.05) is 35.5 Å². The Bertz CT molecular complexity index is 1750. The summed E-state index contributed by atoms with van der Waals surface area (Å²) >= 11 is 0. The number of aromatic nitrogens is 6. The van der Waals surface area contributed by atoms with E-state index in [-0.39, 0.29) is 32.0 Å². The number of hydrogen-bond donors (Lipinski definition) is 0. The molecule has 0 saturated carbocycles. The van der Waals surface area contributed by atoms with Crippen molar-refractivity contribution in [2.24, 2.45) is 13.0 Å². The highest BCUT2D eigenvalue weighted by Crippen LogP contribution is 2.44. The van der Waals surface area contributed by atoms with Crippen LogP contribution in [0.25, 0.3) is 33.2 Å². The Balaban J connectivity index is 1.52. The maximum atomic E-state index is 14.1. The number of alkyl halides is 2. The van der Waals surface area contributed by atoms with Gasteiger partial charge in [0.2, 0.25) is 5.88 Å². The molecule has 0 amide bonds. The second kappa shape index (κ2) is 10.9. The molecule has 6 heterocycles. The fraction of sp³-hybridized carbons (Fsp3) is 0.438. The first kappa shape index (κ1) is 27.7. The summed E-state index contributed by atoms with van der Waals surface area (Å²) in [6.45, 7) is 3.80. The Labute approximate surface area is 248 Å². The van der Waals surface area contributed by atoms with Crippen LogP contribution >= 0.6 is 0 Å². The van der Waals surface area contributed by atoms with E-state index in [9.17, 15) is 8.78 Å². The summed E-state index contributed by atoms with van der Waals surface area (Å²) in [5, 5.41) is 9.30. The lowest BCUT2D eigenvalue weighted by molar-refractivity contribution is -0.0221. The number of anilines is 1. The standard InChI is InChI=1S/C32H35F2N7O2/c1-20-29(39(2)38-37-20)23-17-25-28(35-19-23)27-24(18-26(36-31(27)42-3)40-13-11-32(33,34)12-14-40)41(25)30(21-7-5-4-6-8-21)22-9-15-43-16-10-22/h4-8,17-19,22,30H,9-16H2,1-3H3/t30-/m1/s1. The number of halogens is 2. The average Bonchev–Trinajstić information content (AvgIpc) is 3.53. The first-order valence-electron chi connectivity index (χ1n) is 14.9. The summed E-state index contributed by atoms with van der Waals surface area (Å²) < 4.78 is 44.0. The minimum atomic E-state index is -2.65. The van der Waals surface area contributed by atoms with Crippen LogP contribution in [0, 0.1) is 12.8 Å². The molecule has 224 valence electrons. The van der Waals surface area contributed by atoms with Gasteiger partial charge in [0.05, 0.1) is 41.0 Å². The fourth-order valence-corrected chi connectivity index (χ4v) is 6.84. The van der Waals surface area contributed by atoms with Gasteiger partial charge in [-0.15, -0.1) is 5.10 Å². The van der Waals surface area contributed by atoms with Crippen LogP contribution in [-0.2, 0) is 11.8 Å². The SMILES string of the molecule is COc1nc(N2CCC(F)(F)CC2)cc2c1c1ncc(-c3c(C)nnn3C)cc1n2[C@H](c1ccccc1)C1CCOCC1. The van der Waals surface area contributed by atoms with E-state index in [0.29, 0.717) is 30.8 Å². The molecule has 9 nitrogen and oxygen atoms in total. The lowest BCUT2D eigenvalue weighted by atomic mass is 9.86. The summed E-state index contributed by atoms with van der Waals surface area (Å²) in [4.78, 5) is 11.8. The summed E-state index contributed by atoms with van der Waals surface area (Å²) in [6.07, 6.45) is 3.28. The molecule has 1 aromatic carbocycles. The van der Waals surface area contributed by atoms with Gasteiger partial charge in [-0.2, -0.15) is 4.98 Å². The Hall–Kier alpha value is -4.12. The first-order chi connectivity index (χ1) is 20.8. The summed E-state index contributed by atoms with van der Waals surface area (Å²) in [5.74, 6) is -1.28. The number of ether oxygens (including phenoxy) is 2. The zero-order valence-electron chi connectivity index (χ0n) is 24.6. The number of pyridine rings is 2. The molecule has 5 aromatic rings. The minimum absolute atomic E-state index is 0.0291. The third-order valence-corrected chi connectivity index (χ3v) is 8.99. The molecule has 2 aliphatic rings. The van der Waals surface area contributed by atoms with E-state index >= 15 is 0 Å². The van der Waals surface area contributed by atoms with Crippen LogP contribution in [0.2, 0.25) is 0 Å². The Morgan fingerprint density at radius 1 is 1.05 bits per heavy atom. The monoisotopic (exact) mass is 587 g/mol. The lowest BCUT2D eigenvalue weighted by Crippen LogP contribution is -2.39. The predicted octanol–water partition coefficient (Wildman–Crippen LogP) is 5.95. The number of aryl methyl sites for hydroxylation is 2. The van der Waals surface area contributed by atoms with Crippen molar-refractivity contribution < 1.29 is 18.3 Å². The molecular formula is C32H35F2N7O2. The molecule has 2 fully saturated rings. The molecule has 2 aliphatic heterocycles. The second-order valence-corrected chi connectivity index (χ2v) is 11.6. The van der Waals surface area contributed by atoms with Crippen LogP contribution in [-0.4, -0.2) is 68.9 Å². The van der Waals surface area contributed by atoms with E-state index in [1.54, 1.807) is 11.8 Å². The molecule has 11 heteroatoms. The topological polar surface area (TPSA) is 83.1 Å². The highest BCUT2D eigenvalue weighted by atomic mass is 19.3. The zero-order chi connectivity index (χ0) is 29.7. The number of fused-ring (bicyclic) bond motifs is 3. The number of nitrogens with zero attached hydrogens (tertiary/aromatic N) is 7. The third-order valence-electron chi connectivity index (χ3n) is 8.99. The van der Waals surface area contributed by atoms with Gasteiger partial charge in [-0.3, -0.25) is 4.98 Å². The fourth-order valence-electron chi connectivity index (χ4n) is 6.84. The van der Waals surface area contributed by atoms with Crippen molar-refractivity contribution in [3.8, 4) is 17.1 Å². The van der Waals surface area contributed by atoms with E-state index in [1.165, 1.54) is 5.56 Å². The molecular weight excluding hydrogens is 552 g/mol. The third kappa shape index (κ3) is 4.89. The van der Waals surface area contributed by atoms with Crippen LogP contribution in [0.4, 0.5) is 14.6 Å². The molecule has 2 saturated heterocycles. The molecule has 0 N–H and O–H groups in total. The molecule has 0 spiro atoms. The van der Waals surface area contributed by atoms with E-state index in [2.05, 4.69) is 45.2 Å².